The standard InChI is InChI=1S/C27H25N3O6S/c31-25(29-27(33)28-18-21-6-2-1-3-7-21)19-36-26(32)15-12-20-10-13-23(14-11-20)37(34,35)30-17-16-22-8-4-5-9-24(22)30/h1-15H,16-19H2,(H2,28,29,31,33). The van der Waals surface area contributed by atoms with E-state index in [0.29, 0.717) is 24.2 Å². The first-order chi connectivity index (χ1) is 17.8. The van der Waals surface area contributed by atoms with Crippen LogP contribution in [0.25, 0.3) is 6.08 Å². The monoisotopic (exact) mass is 519 g/mol. The van der Waals surface area contributed by atoms with Crippen LogP contribution in [0.3, 0.4) is 0 Å². The normalized spacial score (nSPS) is 12.7. The molecule has 0 aliphatic carbocycles. The van der Waals surface area contributed by atoms with Crippen molar-refractivity contribution in [2.75, 3.05) is 17.5 Å². The van der Waals surface area contributed by atoms with Gasteiger partial charge in [-0.25, -0.2) is 18.0 Å². The number of nitrogens with one attached hydrogen (secondary N) is 2. The van der Waals surface area contributed by atoms with Gasteiger partial charge in [-0.3, -0.25) is 14.4 Å². The molecule has 10 heteroatoms. The Labute approximate surface area is 214 Å². The molecule has 0 spiro atoms. The number of carbonyl (C=O) groups excluding carboxylic acids is 3. The van der Waals surface area contributed by atoms with E-state index in [9.17, 15) is 22.8 Å². The molecule has 9 nitrogen and oxygen atoms in total. The van der Waals surface area contributed by atoms with Crippen LogP contribution < -0.4 is 14.9 Å². The van der Waals surface area contributed by atoms with Crippen LogP contribution in [0.4, 0.5) is 10.5 Å². The summed E-state index contributed by atoms with van der Waals surface area (Å²) in [6.45, 7) is 0.00174. The van der Waals surface area contributed by atoms with Crippen LogP contribution >= 0.6 is 0 Å². The van der Waals surface area contributed by atoms with Gasteiger partial charge in [0.2, 0.25) is 0 Å². The van der Waals surface area contributed by atoms with Gasteiger partial charge in [-0.15, -0.1) is 0 Å². The zero-order chi connectivity index (χ0) is 26.3. The molecule has 1 aliphatic rings. The van der Waals surface area contributed by atoms with Gasteiger partial charge in [-0.05, 0) is 47.4 Å². The maximum Gasteiger partial charge on any atom is 0.331 e. The van der Waals surface area contributed by atoms with Gasteiger partial charge in [0.05, 0.1) is 10.6 Å². The van der Waals surface area contributed by atoms with Crippen LogP contribution in [0.5, 0.6) is 0 Å². The highest BCUT2D eigenvalue weighted by Crippen LogP contribution is 2.32. The van der Waals surface area contributed by atoms with E-state index in [1.54, 1.807) is 18.2 Å². The second-order valence-electron chi connectivity index (χ2n) is 8.18. The van der Waals surface area contributed by atoms with Gasteiger partial charge in [0.25, 0.3) is 15.9 Å². The molecular formula is C27H25N3O6S. The van der Waals surface area contributed by atoms with Gasteiger partial charge >= 0.3 is 12.0 Å². The summed E-state index contributed by atoms with van der Waals surface area (Å²) >= 11 is 0. The Kier molecular flexibility index (Phi) is 7.99. The van der Waals surface area contributed by atoms with Gasteiger partial charge in [-0.2, -0.15) is 0 Å². The number of amides is 3. The molecule has 0 fully saturated rings. The highest BCUT2D eigenvalue weighted by molar-refractivity contribution is 7.92. The van der Waals surface area contributed by atoms with Crippen molar-refractivity contribution in [2.45, 2.75) is 17.9 Å². The van der Waals surface area contributed by atoms with E-state index in [1.807, 2.05) is 48.5 Å². The fraction of sp³-hybridized carbons (Fsp3) is 0.148. The van der Waals surface area contributed by atoms with Crippen molar-refractivity contribution in [3.63, 3.8) is 0 Å². The molecule has 4 rings (SSSR count). The molecule has 2 N–H and O–H groups in total. The molecule has 0 radical (unpaired) electrons. The summed E-state index contributed by atoms with van der Waals surface area (Å²) in [6, 6.07) is 22.0. The Morgan fingerprint density at radius 3 is 2.38 bits per heavy atom. The number of hydrogen-bond donors (Lipinski definition) is 2. The van der Waals surface area contributed by atoms with E-state index in [0.717, 1.165) is 17.2 Å². The predicted octanol–water partition coefficient (Wildman–Crippen LogP) is 3.02. The number of imide groups is 1. The molecule has 3 aromatic rings. The number of benzene rings is 3. The number of anilines is 1. The fourth-order valence-corrected chi connectivity index (χ4v) is 5.27. The SMILES string of the molecule is O=C(COC(=O)C=Cc1ccc(S(=O)(=O)N2CCc3ccccc32)cc1)NC(=O)NCc1ccccc1. The minimum Gasteiger partial charge on any atom is -0.452 e. The highest BCUT2D eigenvalue weighted by Gasteiger charge is 2.30. The van der Waals surface area contributed by atoms with Gasteiger partial charge in [0.15, 0.2) is 6.61 Å². The molecule has 3 aromatic carbocycles. The third-order valence-corrected chi connectivity index (χ3v) is 7.45. The Balaban J connectivity index is 1.24. The quantitative estimate of drug-likeness (QED) is 0.349. The van der Waals surface area contributed by atoms with Crippen molar-refractivity contribution >= 4 is 39.7 Å². The lowest BCUT2D eigenvalue weighted by molar-refractivity contribution is -0.143. The lowest BCUT2D eigenvalue weighted by Crippen LogP contribution is -2.41. The molecule has 1 heterocycles. The lowest BCUT2D eigenvalue weighted by Gasteiger charge is -2.19. The molecule has 0 saturated heterocycles. The van der Waals surface area contributed by atoms with E-state index in [2.05, 4.69) is 10.6 Å². The van der Waals surface area contributed by atoms with Crippen LogP contribution in [-0.4, -0.2) is 39.5 Å². The number of para-hydroxylation sites is 1. The summed E-state index contributed by atoms with van der Waals surface area (Å²) in [5.41, 5.74) is 3.12. The number of ether oxygens (including phenoxy) is 1. The molecule has 0 bridgehead atoms. The van der Waals surface area contributed by atoms with Crippen molar-refractivity contribution in [2.24, 2.45) is 0 Å². The van der Waals surface area contributed by atoms with E-state index in [1.165, 1.54) is 22.5 Å². The molecule has 0 saturated carbocycles. The average Bonchev–Trinajstić information content (AvgIpc) is 3.36. The van der Waals surface area contributed by atoms with Gasteiger partial charge in [0.1, 0.15) is 0 Å². The maximum atomic E-state index is 13.1. The number of nitrogens with zero attached hydrogens (tertiary/aromatic N) is 1. The number of rotatable bonds is 8. The Morgan fingerprint density at radius 2 is 1.62 bits per heavy atom. The molecule has 0 unspecified atom stereocenters. The molecule has 1 aliphatic heterocycles. The van der Waals surface area contributed by atoms with Crippen LogP contribution in [0.2, 0.25) is 0 Å². The number of urea groups is 1. The summed E-state index contributed by atoms with van der Waals surface area (Å²) in [5.74, 6) is -1.56. The van der Waals surface area contributed by atoms with Crippen molar-refractivity contribution in [3.8, 4) is 0 Å². The van der Waals surface area contributed by atoms with Crippen LogP contribution in [-0.2, 0) is 37.3 Å². The van der Waals surface area contributed by atoms with Crippen LogP contribution in [0.1, 0.15) is 16.7 Å². The van der Waals surface area contributed by atoms with E-state index < -0.39 is 34.5 Å². The predicted molar refractivity (Wildman–Crippen MR) is 138 cm³/mol. The Bertz CT molecular complexity index is 1420. The first-order valence-corrected chi connectivity index (χ1v) is 12.9. The van der Waals surface area contributed by atoms with Crippen LogP contribution in [0, 0.1) is 0 Å². The smallest absolute Gasteiger partial charge is 0.331 e. The van der Waals surface area contributed by atoms with E-state index >= 15 is 0 Å². The largest absolute Gasteiger partial charge is 0.452 e. The second kappa shape index (κ2) is 11.5. The first-order valence-electron chi connectivity index (χ1n) is 11.5. The summed E-state index contributed by atoms with van der Waals surface area (Å²) in [4.78, 5) is 35.7. The molecule has 0 aromatic heterocycles. The van der Waals surface area contributed by atoms with Gasteiger partial charge in [-0.1, -0.05) is 60.7 Å². The average molecular weight is 520 g/mol. The second-order valence-corrected chi connectivity index (χ2v) is 10.0. The van der Waals surface area contributed by atoms with Crippen molar-refractivity contribution in [1.29, 1.82) is 0 Å². The summed E-state index contributed by atoms with van der Waals surface area (Å²) in [7, 11) is -3.71. The minimum absolute atomic E-state index is 0.145. The number of fused-ring (bicyclic) bond motifs is 1. The topological polar surface area (TPSA) is 122 Å². The van der Waals surface area contributed by atoms with Gasteiger partial charge in [0, 0.05) is 19.2 Å². The molecule has 190 valence electrons. The summed E-state index contributed by atoms with van der Waals surface area (Å²) < 4.78 is 32.4. The lowest BCUT2D eigenvalue weighted by atomic mass is 10.2. The Hall–Kier alpha value is -4.44. The number of sulfonamides is 1. The minimum atomic E-state index is -3.71. The highest BCUT2D eigenvalue weighted by atomic mass is 32.2. The van der Waals surface area contributed by atoms with Gasteiger partial charge < -0.3 is 10.1 Å². The summed E-state index contributed by atoms with van der Waals surface area (Å²) in [5, 5.41) is 4.61. The molecular weight excluding hydrogens is 494 g/mol. The summed E-state index contributed by atoms with van der Waals surface area (Å²) in [6.07, 6.45) is 3.21. The maximum absolute atomic E-state index is 13.1. The van der Waals surface area contributed by atoms with E-state index in [4.69, 9.17) is 4.74 Å². The fourth-order valence-electron chi connectivity index (χ4n) is 3.77. The van der Waals surface area contributed by atoms with E-state index in [-0.39, 0.29) is 11.4 Å². The number of esters is 1. The third kappa shape index (κ3) is 6.62. The molecule has 0 atom stereocenters. The molecule has 3 amide bonds. The zero-order valence-corrected chi connectivity index (χ0v) is 20.6. The number of hydrogen-bond acceptors (Lipinski definition) is 6. The van der Waals surface area contributed by atoms with Crippen LogP contribution in [0.15, 0.2) is 89.8 Å². The third-order valence-electron chi connectivity index (χ3n) is 5.62. The van der Waals surface area contributed by atoms with Crippen molar-refractivity contribution in [3.05, 3.63) is 102 Å². The Morgan fingerprint density at radius 1 is 0.919 bits per heavy atom. The zero-order valence-electron chi connectivity index (χ0n) is 19.8. The van der Waals surface area contributed by atoms with Crippen molar-refractivity contribution in [1.82, 2.24) is 10.6 Å². The van der Waals surface area contributed by atoms with Crippen molar-refractivity contribution < 1.29 is 27.5 Å². The molecule has 37 heavy (non-hydrogen) atoms. The first kappa shape index (κ1) is 25.6. The number of carbonyl (C=O) groups is 3.